The molecule has 0 aliphatic rings. The summed E-state index contributed by atoms with van der Waals surface area (Å²) >= 11 is 0. The molecule has 0 aromatic heterocycles. The van der Waals surface area contributed by atoms with Crippen molar-refractivity contribution in [2.75, 3.05) is 13.2 Å². The Hall–Kier alpha value is -0.120. The summed E-state index contributed by atoms with van der Waals surface area (Å²) < 4.78 is 0. The van der Waals surface area contributed by atoms with Gasteiger partial charge in [0.25, 0.3) is 0 Å². The molecule has 0 bridgehead atoms. The molecule has 0 heterocycles. The van der Waals surface area contributed by atoms with Gasteiger partial charge in [0.15, 0.2) is 0 Å². The van der Waals surface area contributed by atoms with Gasteiger partial charge in [-0.1, -0.05) is 0 Å². The van der Waals surface area contributed by atoms with Crippen molar-refractivity contribution >= 4 is 0 Å². The molecular formula is C8H19NO2. The van der Waals surface area contributed by atoms with Crippen LogP contribution in [0.5, 0.6) is 0 Å². The highest BCUT2D eigenvalue weighted by Gasteiger charge is 2.03. The Labute approximate surface area is 68.4 Å². The first-order valence-electron chi connectivity index (χ1n) is 4.19. The molecule has 0 radical (unpaired) electrons. The number of nitrogens with one attached hydrogen (secondary N) is 1. The first-order chi connectivity index (χ1) is 5.16. The molecule has 0 rings (SSSR count). The standard InChI is InChI=1S/C8H19NO2/c1-7(6-8(2)11)9-4-3-5-10/h7-11H,3-6H2,1-2H3. The van der Waals surface area contributed by atoms with E-state index in [1.165, 1.54) is 0 Å². The maximum atomic E-state index is 8.99. The van der Waals surface area contributed by atoms with Crippen molar-refractivity contribution in [3.8, 4) is 0 Å². The second-order valence-corrected chi connectivity index (χ2v) is 3.02. The number of aliphatic hydroxyl groups excluding tert-OH is 2. The molecule has 3 heteroatoms. The minimum Gasteiger partial charge on any atom is -0.396 e. The monoisotopic (exact) mass is 161 g/mol. The fourth-order valence-corrected chi connectivity index (χ4v) is 1.02. The molecule has 0 aromatic carbocycles. The SMILES string of the molecule is CC(O)CC(C)NCCCO. The summed E-state index contributed by atoms with van der Waals surface area (Å²) in [6, 6.07) is 0.335. The van der Waals surface area contributed by atoms with Gasteiger partial charge < -0.3 is 15.5 Å². The van der Waals surface area contributed by atoms with Crippen LogP contribution in [0.25, 0.3) is 0 Å². The highest BCUT2D eigenvalue weighted by molar-refractivity contribution is 4.63. The molecule has 0 saturated carbocycles. The third-order valence-corrected chi connectivity index (χ3v) is 1.52. The van der Waals surface area contributed by atoms with Crippen LogP contribution in [0, 0.1) is 0 Å². The Morgan fingerprint density at radius 1 is 1.36 bits per heavy atom. The Bertz CT molecular complexity index is 86.2. The predicted molar refractivity (Wildman–Crippen MR) is 45.5 cm³/mol. The summed E-state index contributed by atoms with van der Waals surface area (Å²) in [4.78, 5) is 0. The summed E-state index contributed by atoms with van der Waals surface area (Å²) in [5, 5.41) is 20.7. The summed E-state index contributed by atoms with van der Waals surface area (Å²) in [7, 11) is 0. The summed E-state index contributed by atoms with van der Waals surface area (Å²) in [5.74, 6) is 0. The highest BCUT2D eigenvalue weighted by atomic mass is 16.3. The number of hydrogen-bond acceptors (Lipinski definition) is 3. The smallest absolute Gasteiger partial charge is 0.0526 e. The van der Waals surface area contributed by atoms with Crippen LogP contribution >= 0.6 is 0 Å². The van der Waals surface area contributed by atoms with Crippen LogP contribution in [0.4, 0.5) is 0 Å². The van der Waals surface area contributed by atoms with E-state index in [0.29, 0.717) is 6.04 Å². The topological polar surface area (TPSA) is 52.5 Å². The van der Waals surface area contributed by atoms with Gasteiger partial charge in [0.05, 0.1) is 6.10 Å². The van der Waals surface area contributed by atoms with Gasteiger partial charge in [0, 0.05) is 12.6 Å². The molecule has 2 atom stereocenters. The summed E-state index contributed by atoms with van der Waals surface area (Å²) in [5.41, 5.74) is 0. The van der Waals surface area contributed by atoms with Crippen molar-refractivity contribution in [3.63, 3.8) is 0 Å². The van der Waals surface area contributed by atoms with E-state index in [4.69, 9.17) is 10.2 Å². The van der Waals surface area contributed by atoms with E-state index in [-0.39, 0.29) is 12.7 Å². The largest absolute Gasteiger partial charge is 0.396 e. The van der Waals surface area contributed by atoms with Crippen LogP contribution in [-0.2, 0) is 0 Å². The third kappa shape index (κ3) is 7.78. The number of hydrogen-bond donors (Lipinski definition) is 3. The van der Waals surface area contributed by atoms with Gasteiger partial charge in [-0.15, -0.1) is 0 Å². The number of aliphatic hydroxyl groups is 2. The normalized spacial score (nSPS) is 16.4. The molecule has 0 aliphatic heterocycles. The molecule has 0 aromatic rings. The summed E-state index contributed by atoms with van der Waals surface area (Å²) in [6.07, 6.45) is 1.31. The van der Waals surface area contributed by atoms with Crippen molar-refractivity contribution in [2.45, 2.75) is 38.8 Å². The van der Waals surface area contributed by atoms with E-state index < -0.39 is 0 Å². The minimum absolute atomic E-state index is 0.231. The molecule has 3 nitrogen and oxygen atoms in total. The first-order valence-corrected chi connectivity index (χ1v) is 4.19. The van der Waals surface area contributed by atoms with Crippen LogP contribution in [0.1, 0.15) is 26.7 Å². The predicted octanol–water partition coefficient (Wildman–Crippen LogP) is 0.118. The maximum Gasteiger partial charge on any atom is 0.0526 e. The van der Waals surface area contributed by atoms with Gasteiger partial charge in [-0.3, -0.25) is 0 Å². The van der Waals surface area contributed by atoms with E-state index >= 15 is 0 Å². The lowest BCUT2D eigenvalue weighted by Crippen LogP contribution is -2.30. The molecule has 0 aliphatic carbocycles. The van der Waals surface area contributed by atoms with Gasteiger partial charge in [-0.25, -0.2) is 0 Å². The Morgan fingerprint density at radius 3 is 2.45 bits per heavy atom. The zero-order chi connectivity index (χ0) is 8.69. The van der Waals surface area contributed by atoms with Crippen LogP contribution in [0.3, 0.4) is 0 Å². The second-order valence-electron chi connectivity index (χ2n) is 3.02. The first kappa shape index (κ1) is 10.9. The number of rotatable bonds is 6. The van der Waals surface area contributed by atoms with Crippen molar-refractivity contribution in [3.05, 3.63) is 0 Å². The lowest BCUT2D eigenvalue weighted by molar-refractivity contribution is 0.170. The summed E-state index contributed by atoms with van der Waals surface area (Å²) in [6.45, 7) is 4.87. The van der Waals surface area contributed by atoms with Crippen molar-refractivity contribution in [1.29, 1.82) is 0 Å². The molecular weight excluding hydrogens is 142 g/mol. The zero-order valence-electron chi connectivity index (χ0n) is 7.38. The fourth-order valence-electron chi connectivity index (χ4n) is 1.02. The molecule has 0 amide bonds. The highest BCUT2D eigenvalue weighted by Crippen LogP contribution is 1.95. The molecule has 0 spiro atoms. The Balaban J connectivity index is 3.15. The third-order valence-electron chi connectivity index (χ3n) is 1.52. The molecule has 68 valence electrons. The van der Waals surface area contributed by atoms with Gasteiger partial charge in [-0.05, 0) is 33.2 Å². The van der Waals surface area contributed by atoms with Crippen molar-refractivity contribution < 1.29 is 10.2 Å². The average Bonchev–Trinajstić information content (AvgIpc) is 1.86. The Morgan fingerprint density at radius 2 is 2.00 bits per heavy atom. The van der Waals surface area contributed by atoms with Crippen LogP contribution < -0.4 is 5.32 Å². The van der Waals surface area contributed by atoms with E-state index in [2.05, 4.69) is 5.32 Å². The van der Waals surface area contributed by atoms with Crippen LogP contribution in [-0.4, -0.2) is 35.5 Å². The zero-order valence-corrected chi connectivity index (χ0v) is 7.38. The van der Waals surface area contributed by atoms with E-state index in [1.807, 2.05) is 6.92 Å². The van der Waals surface area contributed by atoms with Crippen LogP contribution in [0.2, 0.25) is 0 Å². The maximum absolute atomic E-state index is 8.99. The van der Waals surface area contributed by atoms with Gasteiger partial charge >= 0.3 is 0 Å². The van der Waals surface area contributed by atoms with Crippen LogP contribution in [0.15, 0.2) is 0 Å². The lowest BCUT2D eigenvalue weighted by Gasteiger charge is -2.14. The van der Waals surface area contributed by atoms with E-state index in [0.717, 1.165) is 19.4 Å². The van der Waals surface area contributed by atoms with E-state index in [9.17, 15) is 0 Å². The molecule has 3 N–H and O–H groups in total. The quantitative estimate of drug-likeness (QED) is 0.485. The fraction of sp³-hybridized carbons (Fsp3) is 1.00. The molecule has 11 heavy (non-hydrogen) atoms. The van der Waals surface area contributed by atoms with Gasteiger partial charge in [0.1, 0.15) is 0 Å². The van der Waals surface area contributed by atoms with Gasteiger partial charge in [0.2, 0.25) is 0 Å². The average molecular weight is 161 g/mol. The minimum atomic E-state index is -0.244. The van der Waals surface area contributed by atoms with Crippen molar-refractivity contribution in [2.24, 2.45) is 0 Å². The van der Waals surface area contributed by atoms with Crippen molar-refractivity contribution in [1.82, 2.24) is 5.32 Å². The molecule has 0 fully saturated rings. The molecule has 2 unspecified atom stereocenters. The second kappa shape index (κ2) is 6.58. The lowest BCUT2D eigenvalue weighted by atomic mass is 10.1. The molecule has 0 saturated heterocycles. The Kier molecular flexibility index (Phi) is 6.51. The van der Waals surface area contributed by atoms with Gasteiger partial charge in [-0.2, -0.15) is 0 Å². The van der Waals surface area contributed by atoms with E-state index in [1.54, 1.807) is 6.92 Å².